The first kappa shape index (κ1) is 20.7. The van der Waals surface area contributed by atoms with Gasteiger partial charge in [0, 0.05) is 17.0 Å². The van der Waals surface area contributed by atoms with E-state index in [2.05, 4.69) is 41.0 Å². The Hall–Kier alpha value is -2.05. The summed E-state index contributed by atoms with van der Waals surface area (Å²) in [4.78, 5) is 13.9. The van der Waals surface area contributed by atoms with Gasteiger partial charge in [-0.1, -0.05) is 26.0 Å². The number of nitrogens with one attached hydrogen (secondary N) is 1. The maximum Gasteiger partial charge on any atom is 0.139 e. The van der Waals surface area contributed by atoms with Crippen LogP contribution in [0.5, 0.6) is 0 Å². The number of rotatable bonds is 9. The molecular formula is C22H29FN4S. The van der Waals surface area contributed by atoms with Crippen LogP contribution in [0.2, 0.25) is 0 Å². The van der Waals surface area contributed by atoms with E-state index >= 15 is 0 Å². The van der Waals surface area contributed by atoms with E-state index in [4.69, 9.17) is 0 Å². The van der Waals surface area contributed by atoms with Crippen molar-refractivity contribution in [3.8, 4) is 11.1 Å². The van der Waals surface area contributed by atoms with Crippen molar-refractivity contribution >= 4 is 27.4 Å². The van der Waals surface area contributed by atoms with Crippen LogP contribution in [0, 0.1) is 19.7 Å². The Morgan fingerprint density at radius 2 is 1.75 bits per heavy atom. The Balaban J connectivity index is 1.82. The monoisotopic (exact) mass is 400 g/mol. The van der Waals surface area contributed by atoms with Gasteiger partial charge in [0.25, 0.3) is 0 Å². The number of hydrogen-bond acceptors (Lipinski definition) is 5. The van der Waals surface area contributed by atoms with Crippen LogP contribution >= 0.6 is 11.3 Å². The van der Waals surface area contributed by atoms with Crippen molar-refractivity contribution in [2.45, 2.75) is 40.5 Å². The van der Waals surface area contributed by atoms with Gasteiger partial charge in [-0.3, -0.25) is 0 Å². The molecule has 0 bridgehead atoms. The molecule has 28 heavy (non-hydrogen) atoms. The third-order valence-electron chi connectivity index (χ3n) is 5.06. The molecule has 0 aliphatic carbocycles. The SMILES string of the molecule is CCN(CC)CCCCNc1nc(C)nc2sc(C)c(-c3ccc(F)cc3)c12. The topological polar surface area (TPSA) is 41.0 Å². The predicted octanol–water partition coefficient (Wildman–Crippen LogP) is 5.65. The second-order valence-corrected chi connectivity index (χ2v) is 8.20. The summed E-state index contributed by atoms with van der Waals surface area (Å²) in [6.45, 7) is 12.6. The molecule has 4 nitrogen and oxygen atoms in total. The number of thiophene rings is 1. The van der Waals surface area contributed by atoms with Crippen LogP contribution < -0.4 is 5.32 Å². The minimum absolute atomic E-state index is 0.223. The zero-order valence-electron chi connectivity index (χ0n) is 17.2. The largest absolute Gasteiger partial charge is 0.369 e. The number of anilines is 1. The Kier molecular flexibility index (Phi) is 6.97. The second-order valence-electron chi connectivity index (χ2n) is 7.00. The lowest BCUT2D eigenvalue weighted by Crippen LogP contribution is -2.24. The summed E-state index contributed by atoms with van der Waals surface area (Å²) in [5, 5.41) is 4.58. The van der Waals surface area contributed by atoms with E-state index < -0.39 is 0 Å². The Morgan fingerprint density at radius 1 is 1.04 bits per heavy atom. The van der Waals surface area contributed by atoms with E-state index in [0.717, 1.165) is 72.0 Å². The fourth-order valence-corrected chi connectivity index (χ4v) is 4.61. The quantitative estimate of drug-likeness (QED) is 0.471. The molecule has 1 aromatic carbocycles. The van der Waals surface area contributed by atoms with Gasteiger partial charge in [0.15, 0.2) is 0 Å². The first-order valence-electron chi connectivity index (χ1n) is 10.0. The van der Waals surface area contributed by atoms with Gasteiger partial charge in [-0.15, -0.1) is 11.3 Å². The van der Waals surface area contributed by atoms with Gasteiger partial charge < -0.3 is 10.2 Å². The Morgan fingerprint density at radius 3 is 2.43 bits per heavy atom. The highest BCUT2D eigenvalue weighted by Gasteiger charge is 2.17. The van der Waals surface area contributed by atoms with Crippen molar-refractivity contribution in [2.75, 3.05) is 31.5 Å². The normalized spacial score (nSPS) is 11.5. The van der Waals surface area contributed by atoms with Crippen molar-refractivity contribution in [1.82, 2.24) is 14.9 Å². The van der Waals surface area contributed by atoms with Crippen LogP contribution in [0.15, 0.2) is 24.3 Å². The summed E-state index contributed by atoms with van der Waals surface area (Å²) in [5.74, 6) is 1.43. The molecule has 0 aliphatic rings. The van der Waals surface area contributed by atoms with Crippen LogP contribution in [-0.2, 0) is 0 Å². The van der Waals surface area contributed by atoms with Crippen molar-refractivity contribution in [3.05, 3.63) is 40.8 Å². The molecule has 0 spiro atoms. The van der Waals surface area contributed by atoms with E-state index in [9.17, 15) is 4.39 Å². The number of unbranched alkanes of at least 4 members (excludes halogenated alkanes) is 1. The highest BCUT2D eigenvalue weighted by atomic mass is 32.1. The van der Waals surface area contributed by atoms with Crippen molar-refractivity contribution in [3.63, 3.8) is 0 Å². The minimum atomic E-state index is -0.223. The van der Waals surface area contributed by atoms with Crippen molar-refractivity contribution < 1.29 is 4.39 Å². The van der Waals surface area contributed by atoms with Gasteiger partial charge in [-0.2, -0.15) is 0 Å². The zero-order chi connectivity index (χ0) is 20.1. The molecule has 6 heteroatoms. The number of aryl methyl sites for hydroxylation is 2. The van der Waals surface area contributed by atoms with Gasteiger partial charge in [0.2, 0.25) is 0 Å². The first-order chi connectivity index (χ1) is 13.5. The molecule has 0 saturated heterocycles. The number of benzene rings is 1. The molecule has 0 unspecified atom stereocenters. The summed E-state index contributed by atoms with van der Waals surface area (Å²) in [7, 11) is 0. The summed E-state index contributed by atoms with van der Waals surface area (Å²) < 4.78 is 13.4. The zero-order valence-corrected chi connectivity index (χ0v) is 18.0. The molecule has 0 aliphatic heterocycles. The molecule has 2 aromatic heterocycles. The van der Waals surface area contributed by atoms with E-state index in [-0.39, 0.29) is 5.82 Å². The predicted molar refractivity (Wildman–Crippen MR) is 118 cm³/mol. The maximum atomic E-state index is 13.4. The number of hydrogen-bond donors (Lipinski definition) is 1. The van der Waals surface area contributed by atoms with Crippen molar-refractivity contribution in [1.29, 1.82) is 0 Å². The van der Waals surface area contributed by atoms with E-state index in [1.54, 1.807) is 11.3 Å². The fraction of sp³-hybridized carbons (Fsp3) is 0.455. The smallest absolute Gasteiger partial charge is 0.139 e. The standard InChI is InChI=1S/C22H29FN4S/c1-5-27(6-2)14-8-7-13-24-21-20-19(17-9-11-18(23)12-10-17)15(3)28-22(20)26-16(4)25-21/h9-12H,5-8,13-14H2,1-4H3,(H,24,25,26). The van der Waals surface area contributed by atoms with Gasteiger partial charge in [-0.25, -0.2) is 14.4 Å². The lowest BCUT2D eigenvalue weighted by molar-refractivity contribution is 0.298. The molecule has 0 saturated carbocycles. The van der Waals surface area contributed by atoms with Gasteiger partial charge in [0.05, 0.1) is 5.39 Å². The summed E-state index contributed by atoms with van der Waals surface area (Å²) in [5.41, 5.74) is 2.10. The number of nitrogens with zero attached hydrogens (tertiary/aromatic N) is 3. The molecule has 1 N–H and O–H groups in total. The molecule has 0 atom stereocenters. The number of aromatic nitrogens is 2. The average molecular weight is 401 g/mol. The van der Waals surface area contributed by atoms with Crippen LogP contribution in [0.3, 0.4) is 0 Å². The third-order valence-corrected chi connectivity index (χ3v) is 6.06. The highest BCUT2D eigenvalue weighted by Crippen LogP contribution is 2.40. The number of fused-ring (bicyclic) bond motifs is 1. The van der Waals surface area contributed by atoms with E-state index in [1.165, 1.54) is 17.0 Å². The third kappa shape index (κ3) is 4.67. The average Bonchev–Trinajstić information content (AvgIpc) is 3.01. The van der Waals surface area contributed by atoms with E-state index in [0.29, 0.717) is 0 Å². The van der Waals surface area contributed by atoms with Crippen molar-refractivity contribution in [2.24, 2.45) is 0 Å². The Bertz CT molecular complexity index is 916. The van der Waals surface area contributed by atoms with E-state index in [1.807, 2.05) is 19.1 Å². The van der Waals surface area contributed by atoms with Crippen LogP contribution in [-0.4, -0.2) is 41.0 Å². The molecule has 0 radical (unpaired) electrons. The summed E-state index contributed by atoms with van der Waals surface area (Å²) >= 11 is 1.67. The molecular weight excluding hydrogens is 371 g/mol. The second kappa shape index (κ2) is 9.43. The highest BCUT2D eigenvalue weighted by molar-refractivity contribution is 7.19. The van der Waals surface area contributed by atoms with Crippen LogP contribution in [0.4, 0.5) is 10.2 Å². The minimum Gasteiger partial charge on any atom is -0.369 e. The molecule has 3 aromatic rings. The molecule has 150 valence electrons. The summed E-state index contributed by atoms with van der Waals surface area (Å²) in [6, 6.07) is 6.68. The first-order valence-corrected chi connectivity index (χ1v) is 10.8. The van der Waals surface area contributed by atoms with Gasteiger partial charge in [-0.05, 0) is 64.0 Å². The fourth-order valence-electron chi connectivity index (χ4n) is 3.52. The van der Waals surface area contributed by atoms with Gasteiger partial charge >= 0.3 is 0 Å². The molecule has 3 rings (SSSR count). The van der Waals surface area contributed by atoms with Crippen LogP contribution in [0.25, 0.3) is 21.3 Å². The maximum absolute atomic E-state index is 13.4. The Labute approximate surface area is 170 Å². The summed E-state index contributed by atoms with van der Waals surface area (Å²) in [6.07, 6.45) is 2.26. The molecule has 0 fully saturated rings. The van der Waals surface area contributed by atoms with Gasteiger partial charge in [0.1, 0.15) is 22.3 Å². The lowest BCUT2D eigenvalue weighted by atomic mass is 10.0. The molecule has 0 amide bonds. The lowest BCUT2D eigenvalue weighted by Gasteiger charge is -2.17. The molecule has 2 heterocycles. The van der Waals surface area contributed by atoms with Crippen LogP contribution in [0.1, 0.15) is 37.4 Å². The number of halogens is 1.